The van der Waals surface area contributed by atoms with Crippen LogP contribution >= 0.6 is 27.5 Å². The lowest BCUT2D eigenvalue weighted by Gasteiger charge is -2.35. The number of esters is 1. The van der Waals surface area contributed by atoms with Crippen LogP contribution in [0.2, 0.25) is 5.02 Å². The van der Waals surface area contributed by atoms with Gasteiger partial charge >= 0.3 is 5.97 Å². The van der Waals surface area contributed by atoms with Crippen molar-refractivity contribution in [3.63, 3.8) is 0 Å². The summed E-state index contributed by atoms with van der Waals surface area (Å²) < 4.78 is 13.3. The first-order valence-corrected chi connectivity index (χ1v) is 16.6. The van der Waals surface area contributed by atoms with Crippen molar-refractivity contribution < 1.29 is 33.8 Å². The first-order chi connectivity index (χ1) is 22.2. The molecule has 0 unspecified atom stereocenters. The van der Waals surface area contributed by atoms with Crippen LogP contribution in [0.5, 0.6) is 0 Å². The summed E-state index contributed by atoms with van der Waals surface area (Å²) in [6.45, 7) is 1.82. The second-order valence-electron chi connectivity index (χ2n) is 12.0. The van der Waals surface area contributed by atoms with Crippen molar-refractivity contribution in [1.82, 2.24) is 10.2 Å². The van der Waals surface area contributed by atoms with Crippen LogP contribution in [0.25, 0.3) is 0 Å². The van der Waals surface area contributed by atoms with Crippen LogP contribution in [0.4, 0.5) is 5.69 Å². The average molecular weight is 713 g/mol. The molecule has 2 saturated heterocycles. The van der Waals surface area contributed by atoms with Gasteiger partial charge in [-0.05, 0) is 55.7 Å². The highest BCUT2D eigenvalue weighted by atomic mass is 79.9. The number of fused-ring (bicyclic) bond motifs is 2. The number of hydrogen-bond donors (Lipinski definition) is 2. The van der Waals surface area contributed by atoms with E-state index < -0.39 is 59.5 Å². The van der Waals surface area contributed by atoms with Gasteiger partial charge in [0.1, 0.15) is 29.8 Å². The molecule has 12 heteroatoms. The number of aliphatic hydroxyl groups excluding tert-OH is 1. The average Bonchev–Trinajstić information content (AvgIpc) is 3.63. The monoisotopic (exact) mass is 711 g/mol. The summed E-state index contributed by atoms with van der Waals surface area (Å²) in [5, 5.41) is 13.2. The number of likely N-dealkylation sites (tertiary alicyclic amines) is 1. The first-order valence-electron chi connectivity index (χ1n) is 15.4. The molecule has 0 aromatic heterocycles. The molecule has 2 N–H and O–H groups in total. The number of ether oxygens (including phenoxy) is 2. The number of hydrogen-bond acceptors (Lipinski definition) is 7. The number of benzene rings is 2. The van der Waals surface area contributed by atoms with E-state index in [1.54, 1.807) is 42.2 Å². The van der Waals surface area contributed by atoms with Crippen molar-refractivity contribution in [2.45, 2.75) is 56.1 Å². The van der Waals surface area contributed by atoms with Gasteiger partial charge in [-0.25, -0.2) is 0 Å². The van der Waals surface area contributed by atoms with E-state index in [1.165, 1.54) is 4.90 Å². The first kappa shape index (κ1) is 32.4. The fourth-order valence-corrected chi connectivity index (χ4v) is 7.92. The third-order valence-corrected chi connectivity index (χ3v) is 10.0. The van der Waals surface area contributed by atoms with Crippen LogP contribution in [0.15, 0.2) is 77.3 Å². The third-order valence-electron chi connectivity index (χ3n) is 9.10. The van der Waals surface area contributed by atoms with E-state index in [0.29, 0.717) is 27.2 Å². The Morgan fingerprint density at radius 1 is 1.02 bits per heavy atom. The second kappa shape index (κ2) is 13.3. The molecule has 4 aliphatic heterocycles. The molecule has 7 atom stereocenters. The topological polar surface area (TPSA) is 125 Å². The molecule has 1 spiro atoms. The largest absolute Gasteiger partial charge is 0.455 e. The van der Waals surface area contributed by atoms with Crippen molar-refractivity contribution in [3.05, 3.63) is 87.9 Å². The normalized spacial score (nSPS) is 32.2. The fraction of sp³-hybridized carbons (Fsp3) is 0.412. The summed E-state index contributed by atoms with van der Waals surface area (Å²) in [5.41, 5.74) is -0.222. The Morgan fingerprint density at radius 3 is 2.48 bits per heavy atom. The summed E-state index contributed by atoms with van der Waals surface area (Å²) >= 11 is 9.73. The number of anilines is 1. The summed E-state index contributed by atoms with van der Waals surface area (Å²) in [7, 11) is 0. The van der Waals surface area contributed by atoms with Gasteiger partial charge < -0.3 is 29.7 Å². The molecule has 5 bridgehead atoms. The quantitative estimate of drug-likeness (QED) is 0.354. The van der Waals surface area contributed by atoms with Gasteiger partial charge in [-0.15, -0.1) is 0 Å². The zero-order valence-corrected chi connectivity index (χ0v) is 27.5. The molecule has 4 aliphatic rings. The zero-order valence-electron chi connectivity index (χ0n) is 25.2. The zero-order chi connectivity index (χ0) is 32.6. The number of allylic oxidation sites excluding steroid dienone is 1. The van der Waals surface area contributed by atoms with E-state index in [0.717, 1.165) is 0 Å². The van der Waals surface area contributed by atoms with E-state index in [9.17, 15) is 24.3 Å². The lowest BCUT2D eigenvalue weighted by atomic mass is 9.74. The summed E-state index contributed by atoms with van der Waals surface area (Å²) in [6, 6.07) is 14.2. The molecule has 4 heterocycles. The Hall–Kier alpha value is -3.51. The van der Waals surface area contributed by atoms with Crippen LogP contribution < -0.4 is 10.2 Å². The van der Waals surface area contributed by atoms with Gasteiger partial charge in [-0.3, -0.25) is 19.2 Å². The van der Waals surface area contributed by atoms with Gasteiger partial charge in [-0.2, -0.15) is 0 Å². The molecular weight excluding hydrogens is 678 g/mol. The number of nitrogens with zero attached hydrogens (tertiary/aromatic N) is 2. The molecule has 6 rings (SSSR count). The molecule has 0 aliphatic carbocycles. The molecule has 2 fully saturated rings. The van der Waals surface area contributed by atoms with Crippen molar-refractivity contribution >= 4 is 56.9 Å². The molecule has 2 aromatic rings. The Kier molecular flexibility index (Phi) is 9.38. The maximum absolute atomic E-state index is 14.7. The van der Waals surface area contributed by atoms with Crippen molar-refractivity contribution in [3.8, 4) is 0 Å². The maximum Gasteiger partial charge on any atom is 0.313 e. The van der Waals surface area contributed by atoms with Crippen LogP contribution in [0.1, 0.15) is 37.9 Å². The van der Waals surface area contributed by atoms with Crippen LogP contribution in [-0.2, 0) is 28.7 Å². The number of nitrogens with one attached hydrogen (secondary N) is 1. The van der Waals surface area contributed by atoms with Gasteiger partial charge in [0.25, 0.3) is 5.91 Å². The number of halogens is 2. The highest BCUT2D eigenvalue weighted by molar-refractivity contribution is 9.11. The van der Waals surface area contributed by atoms with Crippen LogP contribution in [0.3, 0.4) is 0 Å². The summed E-state index contributed by atoms with van der Waals surface area (Å²) in [5.74, 6) is -3.82. The molecule has 242 valence electrons. The lowest BCUT2D eigenvalue weighted by molar-refractivity contribution is -0.161. The number of amides is 3. The standard InChI is InChI=1S/C34H35BrClN3O7/c1-20-28(21-9-4-2-5-10-21)45-33(44)26-27-31(42)39(17-8-18-40)30(34(27)19-24(35)29(26)46-34)32(43)38(23-14-12-22(36)13-15-23)16-7-3-6-11-25(41)37-20/h2-5,7,9-10,12-15,19-20,26-30,40H,6,8,11,16-18H2,1H3,(H,37,41)/b7-3-/t20-,26+,27-,28+,29+,30+,34-/m1/s1. The summed E-state index contributed by atoms with van der Waals surface area (Å²) in [4.78, 5) is 59.2. The highest BCUT2D eigenvalue weighted by Crippen LogP contribution is 2.59. The van der Waals surface area contributed by atoms with E-state index in [4.69, 9.17) is 21.1 Å². The molecule has 3 amide bonds. The number of carbonyl (C=O) groups is 4. The summed E-state index contributed by atoms with van der Waals surface area (Å²) in [6.07, 6.45) is 4.53. The van der Waals surface area contributed by atoms with E-state index in [1.807, 2.05) is 42.5 Å². The Balaban J connectivity index is 1.46. The minimum absolute atomic E-state index is 0.0885. The van der Waals surface area contributed by atoms with Crippen LogP contribution in [0, 0.1) is 11.8 Å². The van der Waals surface area contributed by atoms with Gasteiger partial charge in [0.15, 0.2) is 0 Å². The molecule has 0 saturated carbocycles. The highest BCUT2D eigenvalue weighted by Gasteiger charge is 2.75. The van der Waals surface area contributed by atoms with Gasteiger partial charge in [0.2, 0.25) is 11.8 Å². The SMILES string of the molecule is C[C@H]1NC(=O)CC/C=C\CN(c2ccc(Cl)cc2)C(=O)[C@@H]2N(CCCO)C(=O)[C@H]3[C@H](C(=O)O[C@@H]1c1ccccc1)[C@H]1O[C@@]23C=C1Br. The number of rotatable bonds is 5. The predicted octanol–water partition coefficient (Wildman–Crippen LogP) is 4.07. The molecule has 46 heavy (non-hydrogen) atoms. The minimum Gasteiger partial charge on any atom is -0.455 e. The maximum atomic E-state index is 14.7. The second-order valence-corrected chi connectivity index (χ2v) is 13.3. The number of cyclic esters (lactones) is 1. The smallest absolute Gasteiger partial charge is 0.313 e. The van der Waals surface area contributed by atoms with E-state index in [-0.39, 0.29) is 38.4 Å². The Morgan fingerprint density at radius 2 is 1.76 bits per heavy atom. The van der Waals surface area contributed by atoms with Crippen molar-refractivity contribution in [1.29, 1.82) is 0 Å². The van der Waals surface area contributed by atoms with E-state index in [2.05, 4.69) is 21.2 Å². The van der Waals surface area contributed by atoms with Crippen molar-refractivity contribution in [2.24, 2.45) is 11.8 Å². The van der Waals surface area contributed by atoms with E-state index >= 15 is 0 Å². The Bertz CT molecular complexity index is 1570. The van der Waals surface area contributed by atoms with Crippen molar-refractivity contribution in [2.75, 3.05) is 24.6 Å². The molecule has 0 radical (unpaired) electrons. The number of carbonyl (C=O) groups excluding carboxylic acids is 4. The van der Waals surface area contributed by atoms with Gasteiger partial charge in [-0.1, -0.05) is 70.0 Å². The molecule has 10 nitrogen and oxygen atoms in total. The van der Waals surface area contributed by atoms with Gasteiger partial charge in [0.05, 0.1) is 12.0 Å². The predicted molar refractivity (Wildman–Crippen MR) is 174 cm³/mol. The van der Waals surface area contributed by atoms with Crippen LogP contribution in [-0.4, -0.2) is 77.2 Å². The molecule has 2 aromatic carbocycles. The fourth-order valence-electron chi connectivity index (χ4n) is 7.06. The lowest BCUT2D eigenvalue weighted by Crippen LogP contribution is -2.56. The molecular formula is C34H35BrClN3O7. The Labute approximate surface area is 280 Å². The minimum atomic E-state index is -1.46. The third kappa shape index (κ3) is 5.78. The number of aliphatic hydroxyl groups is 1. The van der Waals surface area contributed by atoms with Gasteiger partial charge in [0, 0.05) is 41.3 Å².